The number of nitrogens with one attached hydrogen (secondary N) is 1. The second-order valence-corrected chi connectivity index (χ2v) is 7.43. The van der Waals surface area contributed by atoms with Crippen LogP contribution in [0.1, 0.15) is 24.8 Å². The first-order chi connectivity index (χ1) is 15.2. The van der Waals surface area contributed by atoms with Crippen LogP contribution in [0.15, 0.2) is 66.7 Å². The Morgan fingerprint density at radius 1 is 1.00 bits per heavy atom. The Labute approximate surface area is 182 Å². The average Bonchev–Trinajstić information content (AvgIpc) is 2.81. The quantitative estimate of drug-likeness (QED) is 0.647. The molecule has 1 fully saturated rings. The van der Waals surface area contributed by atoms with E-state index in [1.165, 1.54) is 0 Å². The predicted molar refractivity (Wildman–Crippen MR) is 122 cm³/mol. The number of carbonyl (C=O) groups excluding carboxylic acids is 2. The summed E-state index contributed by atoms with van der Waals surface area (Å²) in [5.74, 6) is 6.59. The van der Waals surface area contributed by atoms with Gasteiger partial charge in [-0.1, -0.05) is 42.2 Å². The minimum atomic E-state index is -0.221. The average molecular weight is 412 g/mol. The lowest BCUT2D eigenvalue weighted by molar-refractivity contribution is -0.123. The Hall–Kier alpha value is -3.78. The molecule has 2 amide bonds. The lowest BCUT2D eigenvalue weighted by Crippen LogP contribution is -2.35. The summed E-state index contributed by atoms with van der Waals surface area (Å²) in [6.45, 7) is 0.960. The molecule has 1 aliphatic heterocycles. The number of amides is 2. The fourth-order valence-electron chi connectivity index (χ4n) is 3.55. The van der Waals surface area contributed by atoms with Gasteiger partial charge in [-0.25, -0.2) is 0 Å². The van der Waals surface area contributed by atoms with E-state index in [0.717, 1.165) is 41.4 Å². The molecule has 3 aromatic rings. The van der Waals surface area contributed by atoms with Gasteiger partial charge in [0.15, 0.2) is 6.61 Å². The van der Waals surface area contributed by atoms with E-state index in [9.17, 15) is 9.59 Å². The molecule has 0 aliphatic carbocycles. The van der Waals surface area contributed by atoms with Crippen LogP contribution in [-0.4, -0.2) is 31.5 Å². The molecule has 0 bridgehead atoms. The largest absolute Gasteiger partial charge is 0.484 e. The molecule has 4 rings (SSSR count). The molecule has 1 aliphatic rings. The summed E-state index contributed by atoms with van der Waals surface area (Å²) in [6, 6.07) is 21.4. The first-order valence-corrected chi connectivity index (χ1v) is 10.5. The van der Waals surface area contributed by atoms with E-state index in [4.69, 9.17) is 4.74 Å². The van der Waals surface area contributed by atoms with Crippen LogP contribution in [0.2, 0.25) is 0 Å². The van der Waals surface area contributed by atoms with Crippen LogP contribution in [0.25, 0.3) is 10.8 Å². The van der Waals surface area contributed by atoms with Gasteiger partial charge in [0.25, 0.3) is 5.91 Å². The lowest BCUT2D eigenvalue weighted by Gasteiger charge is -2.26. The number of carbonyl (C=O) groups is 2. The number of ether oxygens (including phenoxy) is 1. The van der Waals surface area contributed by atoms with Crippen molar-refractivity contribution in [2.45, 2.75) is 19.3 Å². The maximum Gasteiger partial charge on any atom is 0.258 e. The number of rotatable bonds is 5. The van der Waals surface area contributed by atoms with Gasteiger partial charge in [0.2, 0.25) is 5.91 Å². The molecule has 1 heterocycles. The van der Waals surface area contributed by atoms with Crippen molar-refractivity contribution in [3.8, 4) is 17.6 Å². The minimum absolute atomic E-state index is 0.0570. The molecule has 0 spiro atoms. The summed E-state index contributed by atoms with van der Waals surface area (Å²) in [6.07, 6.45) is 2.63. The summed E-state index contributed by atoms with van der Waals surface area (Å²) >= 11 is 0. The maximum atomic E-state index is 12.0. The fraction of sp³-hybridized carbons (Fsp3) is 0.231. The Balaban J connectivity index is 1.23. The molecule has 5 heteroatoms. The van der Waals surface area contributed by atoms with E-state index >= 15 is 0 Å². The van der Waals surface area contributed by atoms with Crippen molar-refractivity contribution in [2.75, 3.05) is 24.6 Å². The smallest absolute Gasteiger partial charge is 0.258 e. The lowest BCUT2D eigenvalue weighted by atomic mass is 10.1. The molecule has 5 nitrogen and oxygen atoms in total. The Morgan fingerprint density at radius 3 is 2.61 bits per heavy atom. The van der Waals surface area contributed by atoms with Crippen LogP contribution in [0.5, 0.6) is 5.75 Å². The second kappa shape index (κ2) is 9.82. The molecule has 1 saturated heterocycles. The van der Waals surface area contributed by atoms with Crippen LogP contribution >= 0.6 is 0 Å². The maximum absolute atomic E-state index is 12.0. The van der Waals surface area contributed by atoms with Gasteiger partial charge in [0.05, 0.1) is 6.54 Å². The molecular weight excluding hydrogens is 388 g/mol. The van der Waals surface area contributed by atoms with Gasteiger partial charge in [0.1, 0.15) is 5.75 Å². The number of nitrogens with zero attached hydrogens (tertiary/aromatic N) is 1. The van der Waals surface area contributed by atoms with Crippen molar-refractivity contribution in [1.82, 2.24) is 5.32 Å². The normalized spacial score (nSPS) is 13.4. The zero-order valence-corrected chi connectivity index (χ0v) is 17.3. The topological polar surface area (TPSA) is 58.6 Å². The van der Waals surface area contributed by atoms with Crippen molar-refractivity contribution >= 4 is 28.3 Å². The van der Waals surface area contributed by atoms with Gasteiger partial charge in [-0.05, 0) is 60.0 Å². The SMILES string of the molecule is O=C(COc1ccc2ccccc2c1)NCC#Cc1ccc(N2CCCCC2=O)cc1. The number of hydrogen-bond acceptors (Lipinski definition) is 3. The summed E-state index contributed by atoms with van der Waals surface area (Å²) in [7, 11) is 0. The van der Waals surface area contributed by atoms with E-state index in [0.29, 0.717) is 12.2 Å². The summed E-state index contributed by atoms with van der Waals surface area (Å²) in [5.41, 5.74) is 1.75. The van der Waals surface area contributed by atoms with Crippen LogP contribution < -0.4 is 15.0 Å². The van der Waals surface area contributed by atoms with E-state index < -0.39 is 0 Å². The molecule has 156 valence electrons. The van der Waals surface area contributed by atoms with Gasteiger partial charge >= 0.3 is 0 Å². The van der Waals surface area contributed by atoms with E-state index in [1.807, 2.05) is 71.6 Å². The molecule has 0 aromatic heterocycles. The highest BCUT2D eigenvalue weighted by Crippen LogP contribution is 2.21. The molecule has 0 unspecified atom stereocenters. The Kier molecular flexibility index (Phi) is 6.49. The molecule has 3 aromatic carbocycles. The van der Waals surface area contributed by atoms with Crippen LogP contribution in [0, 0.1) is 11.8 Å². The standard InChI is InChI=1S/C26H24N2O3/c29-25(19-31-24-15-12-21-7-1-2-8-22(21)18-24)27-16-5-6-20-10-13-23(14-11-20)28-17-4-3-9-26(28)30/h1-2,7-8,10-15,18H,3-4,9,16-17,19H2,(H,27,29). The molecule has 1 N–H and O–H groups in total. The fourth-order valence-corrected chi connectivity index (χ4v) is 3.55. The third-order valence-electron chi connectivity index (χ3n) is 5.20. The highest BCUT2D eigenvalue weighted by molar-refractivity contribution is 5.94. The zero-order chi connectivity index (χ0) is 21.5. The number of anilines is 1. The van der Waals surface area contributed by atoms with Crippen molar-refractivity contribution in [3.63, 3.8) is 0 Å². The Bertz CT molecular complexity index is 1140. The molecular formula is C26H24N2O3. The van der Waals surface area contributed by atoms with E-state index in [1.54, 1.807) is 0 Å². The summed E-state index contributed by atoms with van der Waals surface area (Å²) in [5, 5.41) is 4.94. The van der Waals surface area contributed by atoms with E-state index in [-0.39, 0.29) is 25.0 Å². The van der Waals surface area contributed by atoms with Crippen LogP contribution in [-0.2, 0) is 9.59 Å². The van der Waals surface area contributed by atoms with Gasteiger partial charge in [0, 0.05) is 24.2 Å². The zero-order valence-electron chi connectivity index (χ0n) is 17.3. The van der Waals surface area contributed by atoms with Gasteiger partial charge in [-0.2, -0.15) is 0 Å². The third-order valence-corrected chi connectivity index (χ3v) is 5.20. The Morgan fingerprint density at radius 2 is 1.81 bits per heavy atom. The first-order valence-electron chi connectivity index (χ1n) is 10.5. The van der Waals surface area contributed by atoms with Crippen LogP contribution in [0.3, 0.4) is 0 Å². The first kappa shape index (κ1) is 20.5. The van der Waals surface area contributed by atoms with Gasteiger partial charge in [-0.15, -0.1) is 0 Å². The number of benzene rings is 3. The molecule has 31 heavy (non-hydrogen) atoms. The van der Waals surface area contributed by atoms with Crippen molar-refractivity contribution in [3.05, 3.63) is 72.3 Å². The van der Waals surface area contributed by atoms with E-state index in [2.05, 4.69) is 17.2 Å². The number of hydrogen-bond donors (Lipinski definition) is 1. The highest BCUT2D eigenvalue weighted by Gasteiger charge is 2.19. The van der Waals surface area contributed by atoms with Crippen molar-refractivity contribution in [1.29, 1.82) is 0 Å². The van der Waals surface area contributed by atoms with Crippen LogP contribution in [0.4, 0.5) is 5.69 Å². The predicted octanol–water partition coefficient (Wildman–Crippen LogP) is 3.90. The number of piperidine rings is 1. The van der Waals surface area contributed by atoms with Crippen molar-refractivity contribution < 1.29 is 14.3 Å². The summed E-state index contributed by atoms with van der Waals surface area (Å²) in [4.78, 5) is 25.8. The van der Waals surface area contributed by atoms with Gasteiger partial charge in [-0.3, -0.25) is 9.59 Å². The molecule has 0 atom stereocenters. The second-order valence-electron chi connectivity index (χ2n) is 7.43. The monoisotopic (exact) mass is 412 g/mol. The highest BCUT2D eigenvalue weighted by atomic mass is 16.5. The van der Waals surface area contributed by atoms with Crippen molar-refractivity contribution in [2.24, 2.45) is 0 Å². The van der Waals surface area contributed by atoms with Gasteiger partial charge < -0.3 is 15.0 Å². The molecule has 0 radical (unpaired) electrons. The third kappa shape index (κ3) is 5.43. The molecule has 0 saturated carbocycles. The summed E-state index contributed by atoms with van der Waals surface area (Å²) < 4.78 is 5.58. The minimum Gasteiger partial charge on any atom is -0.484 e. The number of fused-ring (bicyclic) bond motifs is 1.